The Morgan fingerprint density at radius 1 is 1.00 bits per heavy atom. The second-order valence-electron chi connectivity index (χ2n) is 6.12. The highest BCUT2D eigenvalue weighted by Gasteiger charge is 2.61. The summed E-state index contributed by atoms with van der Waals surface area (Å²) in [6.45, 7) is 7.12. The molecule has 0 aromatic rings. The first-order chi connectivity index (χ1) is 9.18. The van der Waals surface area contributed by atoms with E-state index in [0.717, 1.165) is 0 Å². The third kappa shape index (κ3) is 3.73. The predicted molar refractivity (Wildman–Crippen MR) is 73.9 cm³/mol. The molecule has 4 N–H and O–H groups in total. The van der Waals surface area contributed by atoms with Crippen molar-refractivity contribution in [1.82, 2.24) is 0 Å². The highest BCUT2D eigenvalue weighted by molar-refractivity contribution is 7.95. The molecule has 0 radical (unpaired) electrons. The van der Waals surface area contributed by atoms with Gasteiger partial charge in [-0.3, -0.25) is 5.73 Å². The fourth-order valence-corrected chi connectivity index (χ4v) is 4.16. The van der Waals surface area contributed by atoms with E-state index in [1.807, 2.05) is 0 Å². The van der Waals surface area contributed by atoms with Crippen LogP contribution in [0.2, 0.25) is 0 Å². The normalized spacial score (nSPS) is 24.7. The summed E-state index contributed by atoms with van der Waals surface area (Å²) in [5.74, 6) is -2.42. The van der Waals surface area contributed by atoms with Gasteiger partial charge in [0.05, 0.1) is 0 Å². The average molecular weight is 346 g/mol. The minimum absolute atomic E-state index is 0.429. The highest BCUT2D eigenvalue weighted by atomic mass is 32.3. The maximum Gasteiger partial charge on any atom is 0.420 e. The monoisotopic (exact) mass is 346 g/mol. The Labute approximate surface area is 125 Å². The quantitative estimate of drug-likeness (QED) is 0.698. The van der Waals surface area contributed by atoms with Crippen molar-refractivity contribution in [2.75, 3.05) is 6.54 Å². The first-order valence-electron chi connectivity index (χ1n) is 6.29. The molecule has 1 heterocycles. The molecule has 0 aromatic carbocycles. The van der Waals surface area contributed by atoms with Gasteiger partial charge in [0.1, 0.15) is 0 Å². The van der Waals surface area contributed by atoms with Gasteiger partial charge in [-0.2, -0.15) is 25.2 Å². The van der Waals surface area contributed by atoms with Crippen molar-refractivity contribution in [3.05, 3.63) is 0 Å². The molecule has 1 aliphatic rings. The van der Waals surface area contributed by atoms with Crippen molar-refractivity contribution < 1.29 is 28.8 Å². The zero-order valence-electron chi connectivity index (χ0n) is 12.5. The molecule has 1 aliphatic heterocycles. The van der Waals surface area contributed by atoms with Gasteiger partial charge in [-0.1, -0.05) is 27.7 Å². The highest BCUT2D eigenvalue weighted by Crippen LogP contribution is 2.51. The molecule has 0 bridgehead atoms. The molecule has 1 fully saturated rings. The lowest BCUT2D eigenvalue weighted by Gasteiger charge is -2.50. The lowest BCUT2D eigenvalue weighted by Crippen LogP contribution is -2.65. The number of nitrogens with two attached hydrogens (primary N) is 2. The molecule has 126 valence electrons. The maximum absolute atomic E-state index is 11.5. The molecule has 0 aliphatic carbocycles. The van der Waals surface area contributed by atoms with Crippen molar-refractivity contribution in [2.45, 2.75) is 46.4 Å². The van der Waals surface area contributed by atoms with Gasteiger partial charge in [0.2, 0.25) is 0 Å². The van der Waals surface area contributed by atoms with Crippen LogP contribution in [0.5, 0.6) is 0 Å². The second-order valence-corrected chi connectivity index (χ2v) is 8.63. The van der Waals surface area contributed by atoms with Crippen molar-refractivity contribution in [1.29, 1.82) is 0 Å². The summed E-state index contributed by atoms with van der Waals surface area (Å²) in [4.78, 5) is 0. The van der Waals surface area contributed by atoms with Gasteiger partial charge in [0, 0.05) is 5.41 Å². The van der Waals surface area contributed by atoms with Crippen molar-refractivity contribution in [3.63, 3.8) is 0 Å². The largest absolute Gasteiger partial charge is 0.420 e. The van der Waals surface area contributed by atoms with Crippen LogP contribution in [-0.2, 0) is 32.8 Å². The van der Waals surface area contributed by atoms with Crippen molar-refractivity contribution in [2.24, 2.45) is 22.3 Å². The summed E-state index contributed by atoms with van der Waals surface area (Å²) in [6.07, 6.45) is 1.20. The summed E-state index contributed by atoms with van der Waals surface area (Å²) in [5, 5.41) is 0. The molecule has 11 heteroatoms. The summed E-state index contributed by atoms with van der Waals surface area (Å²) >= 11 is 0. The van der Waals surface area contributed by atoms with E-state index in [0.29, 0.717) is 19.4 Å². The first-order valence-corrected chi connectivity index (χ1v) is 8.96. The topological polar surface area (TPSA) is 148 Å². The Morgan fingerprint density at radius 2 is 1.43 bits per heavy atom. The summed E-state index contributed by atoms with van der Waals surface area (Å²) in [6, 6.07) is 0. The number of hydrogen-bond donors (Lipinski definition) is 2. The molecule has 9 nitrogen and oxygen atoms in total. The van der Waals surface area contributed by atoms with E-state index in [2.05, 4.69) is 12.0 Å². The number of hydrogen-bond acceptors (Lipinski definition) is 9. The Kier molecular flexibility index (Phi) is 4.83. The SMILES string of the molecule is CC(C)(CCCN)C(C)(C)C1(N)OS(=O)(=O)OS(=O)(=O)O1. The third-order valence-electron chi connectivity index (χ3n) is 4.19. The van der Waals surface area contributed by atoms with Crippen LogP contribution < -0.4 is 11.5 Å². The molecule has 1 saturated heterocycles. The molecular formula is C10H22N2O7S2. The molecule has 0 spiro atoms. The summed E-state index contributed by atoms with van der Waals surface area (Å²) < 4.78 is 58.9. The molecular weight excluding hydrogens is 324 g/mol. The van der Waals surface area contributed by atoms with Crippen LogP contribution in [0.4, 0.5) is 0 Å². The number of rotatable bonds is 5. The van der Waals surface area contributed by atoms with E-state index in [4.69, 9.17) is 11.5 Å². The van der Waals surface area contributed by atoms with Crippen LogP contribution in [0.15, 0.2) is 0 Å². The van der Waals surface area contributed by atoms with Crippen molar-refractivity contribution >= 4 is 20.8 Å². The predicted octanol–water partition coefficient (Wildman–Crippen LogP) is -0.0568. The maximum atomic E-state index is 11.5. The average Bonchev–Trinajstić information content (AvgIpc) is 2.20. The fourth-order valence-electron chi connectivity index (χ4n) is 1.98. The van der Waals surface area contributed by atoms with Gasteiger partial charge in [-0.25, -0.2) is 0 Å². The van der Waals surface area contributed by atoms with E-state index in [1.54, 1.807) is 27.7 Å². The molecule has 0 saturated carbocycles. The molecule has 0 atom stereocenters. The minimum atomic E-state index is -4.82. The van der Waals surface area contributed by atoms with Crippen LogP contribution in [0.25, 0.3) is 0 Å². The van der Waals surface area contributed by atoms with E-state index >= 15 is 0 Å². The Bertz CT molecular complexity index is 561. The fraction of sp³-hybridized carbons (Fsp3) is 1.00. The van der Waals surface area contributed by atoms with Crippen LogP contribution in [0, 0.1) is 10.8 Å². The van der Waals surface area contributed by atoms with Crippen LogP contribution in [0.3, 0.4) is 0 Å². The second kappa shape index (κ2) is 5.41. The van der Waals surface area contributed by atoms with Gasteiger partial charge >= 0.3 is 20.8 Å². The summed E-state index contributed by atoms with van der Waals surface area (Å²) in [7, 11) is -9.65. The minimum Gasteiger partial charge on any atom is -0.330 e. The van der Waals surface area contributed by atoms with Gasteiger partial charge in [0.25, 0.3) is 5.91 Å². The Balaban J connectivity index is 3.27. The van der Waals surface area contributed by atoms with Crippen molar-refractivity contribution in [3.8, 4) is 0 Å². The third-order valence-corrected chi connectivity index (χ3v) is 6.42. The standard InChI is InChI=1S/C10H22N2O7S2/c1-8(2,6-5-7-11)9(3,4)10(12)17-20(13,14)19-21(15,16)18-10/h5-7,11-12H2,1-4H3. The molecule has 0 unspecified atom stereocenters. The zero-order valence-corrected chi connectivity index (χ0v) is 14.1. The Hall–Kier alpha value is -0.300. The zero-order chi connectivity index (χ0) is 16.7. The molecule has 0 aromatic heterocycles. The van der Waals surface area contributed by atoms with E-state index in [-0.39, 0.29) is 0 Å². The lowest BCUT2D eigenvalue weighted by molar-refractivity contribution is -0.233. The van der Waals surface area contributed by atoms with Gasteiger partial charge in [-0.05, 0) is 24.8 Å². The molecule has 0 amide bonds. The van der Waals surface area contributed by atoms with E-state index in [1.165, 1.54) is 0 Å². The van der Waals surface area contributed by atoms with Gasteiger partial charge in [0.15, 0.2) is 0 Å². The van der Waals surface area contributed by atoms with Gasteiger partial charge in [-0.15, -0.1) is 3.63 Å². The first kappa shape index (κ1) is 18.7. The van der Waals surface area contributed by atoms with Gasteiger partial charge < -0.3 is 5.73 Å². The lowest BCUT2D eigenvalue weighted by atomic mass is 9.63. The molecule has 1 rings (SSSR count). The van der Waals surface area contributed by atoms with E-state index in [9.17, 15) is 16.8 Å². The van der Waals surface area contributed by atoms with E-state index < -0.39 is 37.5 Å². The smallest absolute Gasteiger partial charge is 0.330 e. The van der Waals surface area contributed by atoms with Crippen LogP contribution in [0.1, 0.15) is 40.5 Å². The van der Waals surface area contributed by atoms with Crippen LogP contribution in [-0.4, -0.2) is 29.3 Å². The summed E-state index contributed by atoms with van der Waals surface area (Å²) in [5.41, 5.74) is 9.47. The Morgan fingerprint density at radius 3 is 1.81 bits per heavy atom. The molecule has 21 heavy (non-hydrogen) atoms. The van der Waals surface area contributed by atoms with Crippen LogP contribution >= 0.6 is 0 Å².